The number of thioether (sulfide) groups is 1. The maximum absolute atomic E-state index is 15.0. The molecule has 0 radical (unpaired) electrons. The number of aromatic nitrogens is 3. The maximum Gasteiger partial charge on any atom is 0.332 e. The highest BCUT2D eigenvalue weighted by Gasteiger charge is 2.22. The molecule has 0 spiro atoms. The standard InChI is InChI=1S/C29H25F2N3O4S/c1-3-36-25(35)16-37-26(17-7-5-4-6-8-17)24-15-33-29(34-24)20-13-18(9-10-21(20)30)38-27-22(31)14-23-19(11-12-32-23)28(27)39-2/h4-15,26,32H,3,16H2,1-2H3,(H,33,34). The van der Waals surface area contributed by atoms with Gasteiger partial charge in [0.25, 0.3) is 0 Å². The zero-order chi connectivity index (χ0) is 27.4. The predicted octanol–water partition coefficient (Wildman–Crippen LogP) is 7.02. The SMILES string of the molecule is CCOC(=O)COC(c1ccccc1)c1cnc(-c2cc(Oc3c(F)cc4[nH]ccc4c3SC)ccc2F)[nH]1. The first-order chi connectivity index (χ1) is 19.0. The number of hydrogen-bond donors (Lipinski definition) is 2. The van der Waals surface area contributed by atoms with E-state index in [0.29, 0.717) is 16.1 Å². The Bertz CT molecular complexity index is 1600. The topological polar surface area (TPSA) is 89.2 Å². The molecule has 0 bridgehead atoms. The average Bonchev–Trinajstić information content (AvgIpc) is 3.61. The number of esters is 1. The third-order valence-corrected chi connectivity index (χ3v) is 6.80. The number of H-pyrrole nitrogens is 2. The van der Waals surface area contributed by atoms with Crippen molar-refractivity contribution in [2.24, 2.45) is 0 Å². The molecule has 39 heavy (non-hydrogen) atoms. The van der Waals surface area contributed by atoms with Gasteiger partial charge in [-0.1, -0.05) is 30.3 Å². The fourth-order valence-electron chi connectivity index (χ4n) is 4.24. The quantitative estimate of drug-likeness (QED) is 0.144. The van der Waals surface area contributed by atoms with Gasteiger partial charge in [-0.05, 0) is 43.0 Å². The lowest BCUT2D eigenvalue weighted by molar-refractivity contribution is -0.149. The van der Waals surface area contributed by atoms with Gasteiger partial charge in [-0.25, -0.2) is 18.6 Å². The predicted molar refractivity (Wildman–Crippen MR) is 145 cm³/mol. The molecule has 5 aromatic rings. The fraction of sp³-hybridized carbons (Fsp3) is 0.172. The summed E-state index contributed by atoms with van der Waals surface area (Å²) in [5.41, 5.74) is 2.07. The number of fused-ring (bicyclic) bond motifs is 1. The van der Waals surface area contributed by atoms with Crippen LogP contribution in [0.15, 0.2) is 78.0 Å². The van der Waals surface area contributed by atoms with E-state index >= 15 is 0 Å². The van der Waals surface area contributed by atoms with Gasteiger partial charge in [-0.3, -0.25) is 0 Å². The first kappa shape index (κ1) is 26.5. The van der Waals surface area contributed by atoms with Gasteiger partial charge >= 0.3 is 5.97 Å². The van der Waals surface area contributed by atoms with E-state index in [0.717, 1.165) is 10.9 Å². The van der Waals surface area contributed by atoms with E-state index < -0.39 is 23.7 Å². The summed E-state index contributed by atoms with van der Waals surface area (Å²) < 4.78 is 46.7. The van der Waals surface area contributed by atoms with Crippen molar-refractivity contribution in [3.63, 3.8) is 0 Å². The minimum atomic E-state index is -0.675. The van der Waals surface area contributed by atoms with E-state index in [2.05, 4.69) is 15.0 Å². The van der Waals surface area contributed by atoms with Crippen LogP contribution in [0.3, 0.4) is 0 Å². The number of nitrogens with zero attached hydrogens (tertiary/aromatic N) is 1. The fourth-order valence-corrected chi connectivity index (χ4v) is 4.96. The maximum atomic E-state index is 15.0. The molecule has 1 atom stereocenters. The Morgan fingerprint density at radius 2 is 1.90 bits per heavy atom. The Kier molecular flexibility index (Phi) is 7.94. The molecular weight excluding hydrogens is 524 g/mol. The van der Waals surface area contributed by atoms with E-state index in [-0.39, 0.29) is 36.1 Å². The Morgan fingerprint density at radius 3 is 2.67 bits per heavy atom. The lowest BCUT2D eigenvalue weighted by Gasteiger charge is -2.16. The molecule has 3 aromatic carbocycles. The van der Waals surface area contributed by atoms with E-state index in [1.54, 1.807) is 13.1 Å². The van der Waals surface area contributed by atoms with Crippen LogP contribution in [0.25, 0.3) is 22.3 Å². The van der Waals surface area contributed by atoms with Gasteiger partial charge in [-0.2, -0.15) is 0 Å². The number of carbonyl (C=O) groups excluding carboxylic acids is 1. The van der Waals surface area contributed by atoms with E-state index in [1.165, 1.54) is 42.2 Å². The minimum Gasteiger partial charge on any atom is -0.464 e. The van der Waals surface area contributed by atoms with Crippen LogP contribution in [0.2, 0.25) is 0 Å². The summed E-state index contributed by atoms with van der Waals surface area (Å²) in [6, 6.07) is 16.6. The number of benzene rings is 3. The van der Waals surface area contributed by atoms with Crippen molar-refractivity contribution in [2.45, 2.75) is 17.9 Å². The number of ether oxygens (including phenoxy) is 3. The zero-order valence-electron chi connectivity index (χ0n) is 21.2. The largest absolute Gasteiger partial charge is 0.464 e. The molecule has 0 aliphatic heterocycles. The summed E-state index contributed by atoms with van der Waals surface area (Å²) in [6.45, 7) is 1.69. The molecule has 2 N–H and O–H groups in total. The molecule has 5 rings (SSSR count). The highest BCUT2D eigenvalue weighted by Crippen LogP contribution is 2.40. The second-order valence-corrected chi connectivity index (χ2v) is 9.31. The third kappa shape index (κ3) is 5.67. The van der Waals surface area contributed by atoms with Crippen molar-refractivity contribution in [2.75, 3.05) is 19.5 Å². The third-order valence-electron chi connectivity index (χ3n) is 5.99. The smallest absolute Gasteiger partial charge is 0.332 e. The molecule has 0 aliphatic rings. The monoisotopic (exact) mass is 549 g/mol. The number of nitrogens with one attached hydrogen (secondary N) is 2. The van der Waals surface area contributed by atoms with Crippen LogP contribution < -0.4 is 4.74 Å². The highest BCUT2D eigenvalue weighted by molar-refractivity contribution is 7.99. The molecule has 10 heteroatoms. The summed E-state index contributed by atoms with van der Waals surface area (Å²) in [5, 5.41) is 0.826. The Morgan fingerprint density at radius 1 is 1.08 bits per heavy atom. The number of carbonyl (C=O) groups is 1. The molecule has 0 saturated heterocycles. The Labute approximate surface area is 227 Å². The van der Waals surface area contributed by atoms with Crippen LogP contribution in [0.5, 0.6) is 11.5 Å². The van der Waals surface area contributed by atoms with Crippen molar-refractivity contribution in [1.82, 2.24) is 15.0 Å². The number of imidazole rings is 1. The summed E-state index contributed by atoms with van der Waals surface area (Å²) in [6.07, 6.45) is 4.42. The molecule has 0 fully saturated rings. The number of halogens is 2. The Hall–Kier alpha value is -4.15. The molecule has 2 heterocycles. The van der Waals surface area contributed by atoms with Crippen molar-refractivity contribution in [3.05, 3.63) is 95.9 Å². The number of hydrogen-bond acceptors (Lipinski definition) is 6. The van der Waals surface area contributed by atoms with Crippen LogP contribution >= 0.6 is 11.8 Å². The molecule has 200 valence electrons. The molecule has 0 amide bonds. The van der Waals surface area contributed by atoms with Gasteiger partial charge in [0.2, 0.25) is 0 Å². The summed E-state index contributed by atoms with van der Waals surface area (Å²) in [4.78, 5) is 23.0. The minimum absolute atomic E-state index is 0.0591. The first-order valence-electron chi connectivity index (χ1n) is 12.2. The molecule has 2 aromatic heterocycles. The highest BCUT2D eigenvalue weighted by atomic mass is 32.2. The van der Waals surface area contributed by atoms with E-state index in [9.17, 15) is 13.6 Å². The molecule has 0 saturated carbocycles. The van der Waals surface area contributed by atoms with Crippen LogP contribution in [0, 0.1) is 11.6 Å². The average molecular weight is 550 g/mol. The molecule has 7 nitrogen and oxygen atoms in total. The van der Waals surface area contributed by atoms with Gasteiger partial charge in [0.15, 0.2) is 11.6 Å². The van der Waals surface area contributed by atoms with Crippen molar-refractivity contribution in [3.8, 4) is 22.9 Å². The lowest BCUT2D eigenvalue weighted by atomic mass is 10.1. The van der Waals surface area contributed by atoms with Gasteiger partial charge in [0, 0.05) is 23.2 Å². The first-order valence-corrected chi connectivity index (χ1v) is 13.4. The van der Waals surface area contributed by atoms with Crippen molar-refractivity contribution < 1.29 is 27.8 Å². The lowest BCUT2D eigenvalue weighted by Crippen LogP contribution is -2.16. The molecule has 1 unspecified atom stereocenters. The molecular formula is C29H25F2N3O4S. The number of aromatic amines is 2. The number of rotatable bonds is 10. The van der Waals surface area contributed by atoms with Crippen molar-refractivity contribution in [1.29, 1.82) is 0 Å². The van der Waals surface area contributed by atoms with Crippen LogP contribution in [0.4, 0.5) is 8.78 Å². The van der Waals surface area contributed by atoms with E-state index in [4.69, 9.17) is 14.2 Å². The second-order valence-electron chi connectivity index (χ2n) is 8.50. The van der Waals surface area contributed by atoms with Gasteiger partial charge in [-0.15, -0.1) is 11.8 Å². The van der Waals surface area contributed by atoms with Gasteiger partial charge in [0.1, 0.15) is 30.1 Å². The molecule has 0 aliphatic carbocycles. The second kappa shape index (κ2) is 11.7. The summed E-state index contributed by atoms with van der Waals surface area (Å²) >= 11 is 1.36. The van der Waals surface area contributed by atoms with Gasteiger partial charge in [0.05, 0.1) is 29.0 Å². The van der Waals surface area contributed by atoms with E-state index in [1.807, 2.05) is 42.7 Å². The van der Waals surface area contributed by atoms with Crippen LogP contribution in [-0.2, 0) is 14.3 Å². The van der Waals surface area contributed by atoms with Crippen molar-refractivity contribution >= 4 is 28.6 Å². The summed E-state index contributed by atoms with van der Waals surface area (Å²) in [5.74, 6) is -1.05. The zero-order valence-corrected chi connectivity index (χ0v) is 22.0. The summed E-state index contributed by atoms with van der Waals surface area (Å²) in [7, 11) is 0. The Balaban J connectivity index is 1.45. The van der Waals surface area contributed by atoms with Crippen LogP contribution in [0.1, 0.15) is 24.3 Å². The van der Waals surface area contributed by atoms with Gasteiger partial charge < -0.3 is 24.2 Å². The normalized spacial score (nSPS) is 12.0. The van der Waals surface area contributed by atoms with Crippen LogP contribution in [-0.4, -0.2) is 40.4 Å².